The van der Waals surface area contributed by atoms with E-state index < -0.39 is 10.5 Å². The van der Waals surface area contributed by atoms with Crippen LogP contribution in [0.15, 0.2) is 36.7 Å². The molecule has 2 aliphatic heterocycles. The van der Waals surface area contributed by atoms with Gasteiger partial charge in [0.05, 0.1) is 5.69 Å². The minimum absolute atomic E-state index is 0.0466. The van der Waals surface area contributed by atoms with Crippen LogP contribution in [0.3, 0.4) is 0 Å². The van der Waals surface area contributed by atoms with Crippen LogP contribution in [0.2, 0.25) is 0 Å². The molecule has 11 heteroatoms. The van der Waals surface area contributed by atoms with Crippen LogP contribution in [0.25, 0.3) is 0 Å². The number of hydrogen-bond donors (Lipinski definition) is 0. The van der Waals surface area contributed by atoms with Crippen molar-refractivity contribution in [1.29, 1.82) is 0 Å². The summed E-state index contributed by atoms with van der Waals surface area (Å²) in [6.07, 6.45) is 4.63. The molecular formula is C26H34Cl3N5O3. The van der Waals surface area contributed by atoms with Gasteiger partial charge in [-0.2, -0.15) is 5.10 Å². The average molecular weight is 571 g/mol. The number of hydrogen-bond acceptors (Lipinski definition) is 4. The zero-order valence-electron chi connectivity index (χ0n) is 21.9. The third kappa shape index (κ3) is 6.41. The Morgan fingerprint density at radius 2 is 1.76 bits per heavy atom. The van der Waals surface area contributed by atoms with Crippen LogP contribution in [-0.4, -0.2) is 66.8 Å². The zero-order chi connectivity index (χ0) is 27.5. The Labute approximate surface area is 233 Å². The van der Waals surface area contributed by atoms with Gasteiger partial charge in [-0.3, -0.25) is 24.0 Å². The SMILES string of the molecule is CC1(C)CN2C(=O)CCC2(C)N(C(=O)C(Cl)Cl)C1.Cc1cccc(C)c1N(Cn1cccn1)C(=O)CCl. The van der Waals surface area contributed by atoms with E-state index in [1.54, 1.807) is 25.6 Å². The lowest BCUT2D eigenvalue weighted by molar-refractivity contribution is -0.163. The summed E-state index contributed by atoms with van der Waals surface area (Å²) < 4.78 is 1.70. The number of fused-ring (bicyclic) bond motifs is 1. The molecule has 2 aromatic rings. The van der Waals surface area contributed by atoms with Gasteiger partial charge in [0.25, 0.3) is 5.91 Å². The Morgan fingerprint density at radius 3 is 2.30 bits per heavy atom. The number of aryl methyl sites for hydroxylation is 2. The van der Waals surface area contributed by atoms with Crippen molar-refractivity contribution in [2.75, 3.05) is 23.9 Å². The number of alkyl halides is 3. The number of carbonyl (C=O) groups excluding carboxylic acids is 3. The lowest BCUT2D eigenvalue weighted by Crippen LogP contribution is -2.67. The maximum Gasteiger partial charge on any atom is 0.257 e. The van der Waals surface area contributed by atoms with Gasteiger partial charge in [-0.25, -0.2) is 0 Å². The number of carbonyl (C=O) groups is 3. The van der Waals surface area contributed by atoms with Crippen molar-refractivity contribution in [2.24, 2.45) is 5.41 Å². The number of rotatable bonds is 5. The molecule has 2 saturated heterocycles. The maximum absolute atomic E-state index is 12.2. The summed E-state index contributed by atoms with van der Waals surface area (Å²) in [6.45, 7) is 11.6. The number of aromatic nitrogens is 2. The molecule has 0 N–H and O–H groups in total. The van der Waals surface area contributed by atoms with Crippen molar-refractivity contribution in [3.05, 3.63) is 47.8 Å². The molecule has 37 heavy (non-hydrogen) atoms. The predicted molar refractivity (Wildman–Crippen MR) is 147 cm³/mol. The van der Waals surface area contributed by atoms with E-state index in [2.05, 4.69) is 5.10 Å². The van der Waals surface area contributed by atoms with E-state index in [4.69, 9.17) is 34.8 Å². The van der Waals surface area contributed by atoms with Crippen molar-refractivity contribution in [3.8, 4) is 0 Å². The van der Waals surface area contributed by atoms with Gasteiger partial charge in [0.1, 0.15) is 18.2 Å². The van der Waals surface area contributed by atoms with E-state index in [-0.39, 0.29) is 29.0 Å². The van der Waals surface area contributed by atoms with Crippen LogP contribution in [-0.2, 0) is 21.1 Å². The van der Waals surface area contributed by atoms with Crippen LogP contribution in [0.1, 0.15) is 44.7 Å². The molecule has 1 atom stereocenters. The van der Waals surface area contributed by atoms with Gasteiger partial charge in [0.2, 0.25) is 11.8 Å². The monoisotopic (exact) mass is 569 g/mol. The third-order valence-electron chi connectivity index (χ3n) is 6.87. The van der Waals surface area contributed by atoms with E-state index in [0.717, 1.165) is 16.8 Å². The van der Waals surface area contributed by atoms with E-state index in [1.807, 2.05) is 65.1 Å². The lowest BCUT2D eigenvalue weighted by Gasteiger charge is -2.54. The van der Waals surface area contributed by atoms with Gasteiger partial charge in [-0.1, -0.05) is 55.2 Å². The molecule has 4 rings (SSSR count). The minimum Gasteiger partial charge on any atom is -0.319 e. The standard InChI is InChI=1S/C14H16ClN3O.C12H18Cl2N2O2/c1-11-5-3-6-12(2)14(11)18(13(19)9-15)10-17-8-4-7-16-17;1-11(2)6-15-8(17)4-5-12(15,3)16(7-11)10(18)9(13)14/h3-8H,9-10H2,1-2H3;9H,4-7H2,1-3H3. The van der Waals surface area contributed by atoms with E-state index in [9.17, 15) is 14.4 Å². The van der Waals surface area contributed by atoms with E-state index >= 15 is 0 Å². The Morgan fingerprint density at radius 1 is 1.11 bits per heavy atom. The summed E-state index contributed by atoms with van der Waals surface area (Å²) in [5.74, 6) is -0.388. The van der Waals surface area contributed by atoms with Crippen LogP contribution in [0.5, 0.6) is 0 Å². The highest BCUT2D eigenvalue weighted by atomic mass is 35.5. The summed E-state index contributed by atoms with van der Waals surface area (Å²) in [7, 11) is 0. The number of halogens is 3. The Balaban J connectivity index is 0.000000206. The molecule has 0 saturated carbocycles. The van der Waals surface area contributed by atoms with Gasteiger partial charge in [0.15, 0.2) is 4.84 Å². The second kappa shape index (κ2) is 11.6. The lowest BCUT2D eigenvalue weighted by atomic mass is 9.86. The maximum atomic E-state index is 12.2. The summed E-state index contributed by atoms with van der Waals surface area (Å²) in [6, 6.07) is 7.78. The van der Waals surface area contributed by atoms with Gasteiger partial charge < -0.3 is 9.80 Å². The molecule has 202 valence electrons. The first-order valence-corrected chi connectivity index (χ1v) is 13.5. The Kier molecular flexibility index (Phi) is 9.19. The molecule has 1 unspecified atom stereocenters. The van der Waals surface area contributed by atoms with Crippen LogP contribution in [0, 0.1) is 19.3 Å². The summed E-state index contributed by atoms with van der Waals surface area (Å²) in [5, 5.41) is 4.14. The summed E-state index contributed by atoms with van der Waals surface area (Å²) >= 11 is 17.1. The molecule has 0 bridgehead atoms. The highest BCUT2D eigenvalue weighted by Gasteiger charge is 2.54. The van der Waals surface area contributed by atoms with Crippen LogP contribution in [0.4, 0.5) is 5.69 Å². The Bertz CT molecular complexity index is 1120. The van der Waals surface area contributed by atoms with E-state index in [1.165, 1.54) is 0 Å². The zero-order valence-corrected chi connectivity index (χ0v) is 24.1. The predicted octanol–water partition coefficient (Wildman–Crippen LogP) is 4.73. The molecule has 2 fully saturated rings. The van der Waals surface area contributed by atoms with Crippen molar-refractivity contribution >= 4 is 58.2 Å². The molecule has 0 radical (unpaired) electrons. The number of anilines is 1. The fraction of sp³-hybridized carbons (Fsp3) is 0.538. The first-order chi connectivity index (χ1) is 17.3. The van der Waals surface area contributed by atoms with Crippen molar-refractivity contribution in [1.82, 2.24) is 19.6 Å². The molecule has 1 aromatic heterocycles. The highest BCUT2D eigenvalue weighted by Crippen LogP contribution is 2.42. The first-order valence-electron chi connectivity index (χ1n) is 12.1. The van der Waals surface area contributed by atoms with Crippen LogP contribution >= 0.6 is 34.8 Å². The quantitative estimate of drug-likeness (QED) is 0.487. The summed E-state index contributed by atoms with van der Waals surface area (Å²) in [4.78, 5) is 40.3. The van der Waals surface area contributed by atoms with Gasteiger partial charge >= 0.3 is 0 Å². The first kappa shape index (κ1) is 29.3. The third-order valence-corrected chi connectivity index (χ3v) is 7.47. The van der Waals surface area contributed by atoms with Gasteiger partial charge in [0, 0.05) is 37.3 Å². The fourth-order valence-electron chi connectivity index (χ4n) is 5.04. The van der Waals surface area contributed by atoms with Crippen LogP contribution < -0.4 is 4.90 Å². The van der Waals surface area contributed by atoms with Gasteiger partial charge in [-0.15, -0.1) is 11.6 Å². The molecular weight excluding hydrogens is 537 g/mol. The topological polar surface area (TPSA) is 78.8 Å². The van der Waals surface area contributed by atoms with E-state index in [0.29, 0.717) is 32.6 Å². The number of amides is 3. The van der Waals surface area contributed by atoms with Crippen molar-refractivity contribution < 1.29 is 14.4 Å². The number of benzene rings is 1. The van der Waals surface area contributed by atoms with Crippen molar-refractivity contribution in [3.63, 3.8) is 0 Å². The molecule has 0 aliphatic carbocycles. The molecule has 2 aliphatic rings. The highest BCUT2D eigenvalue weighted by molar-refractivity contribution is 6.53. The second-order valence-corrected chi connectivity index (χ2v) is 11.8. The summed E-state index contributed by atoms with van der Waals surface area (Å²) in [5.41, 5.74) is 2.30. The smallest absolute Gasteiger partial charge is 0.257 e. The average Bonchev–Trinajstić information content (AvgIpc) is 3.45. The normalized spacial score (nSPS) is 20.4. The number of para-hydroxylation sites is 1. The van der Waals surface area contributed by atoms with Gasteiger partial charge in [-0.05, 0) is 44.4 Å². The minimum atomic E-state index is -1.08. The molecule has 1 aromatic carbocycles. The van der Waals surface area contributed by atoms with Crippen molar-refractivity contribution in [2.45, 2.75) is 64.6 Å². The largest absolute Gasteiger partial charge is 0.319 e. The Hall–Kier alpha value is -2.29. The number of nitrogens with zero attached hydrogens (tertiary/aromatic N) is 5. The second-order valence-electron chi connectivity index (χ2n) is 10.5. The molecule has 0 spiro atoms. The molecule has 8 nitrogen and oxygen atoms in total. The molecule has 3 amide bonds. The molecule has 3 heterocycles. The fourth-order valence-corrected chi connectivity index (χ4v) is 5.42.